The minimum Gasteiger partial charge on any atom is -0.375 e. The van der Waals surface area contributed by atoms with Crippen molar-refractivity contribution in [1.82, 2.24) is 4.90 Å². The van der Waals surface area contributed by atoms with Crippen molar-refractivity contribution in [3.63, 3.8) is 0 Å². The first-order chi connectivity index (χ1) is 7.31. The molecule has 0 spiro atoms. The molecule has 0 unspecified atom stereocenters. The van der Waals surface area contributed by atoms with E-state index in [9.17, 15) is 0 Å². The van der Waals surface area contributed by atoms with Crippen molar-refractivity contribution in [1.29, 1.82) is 0 Å². The minimum absolute atomic E-state index is 0.822. The summed E-state index contributed by atoms with van der Waals surface area (Å²) in [6.07, 6.45) is 9.79. The van der Waals surface area contributed by atoms with E-state index in [1.165, 1.54) is 63.7 Å². The lowest BCUT2D eigenvalue weighted by Gasteiger charge is -2.36. The average molecular weight is 207 g/mol. The van der Waals surface area contributed by atoms with E-state index in [1.54, 1.807) is 0 Å². The molecule has 0 aromatic rings. The maximum Gasteiger partial charge on any atom is 0.0177 e. The molecule has 0 N–H and O–H groups in total. The van der Waals surface area contributed by atoms with Gasteiger partial charge in [0.2, 0.25) is 0 Å². The van der Waals surface area contributed by atoms with Gasteiger partial charge in [-0.15, -0.1) is 0 Å². The van der Waals surface area contributed by atoms with Crippen molar-refractivity contribution in [2.24, 2.45) is 11.8 Å². The summed E-state index contributed by atoms with van der Waals surface area (Å²) in [5.74, 6) is 1.81. The Balaban J connectivity index is 1.81. The molecule has 86 valence electrons. The number of rotatable bonds is 3. The van der Waals surface area contributed by atoms with E-state index >= 15 is 0 Å². The van der Waals surface area contributed by atoms with Crippen LogP contribution in [0.4, 0.5) is 0 Å². The molecule has 0 atom stereocenters. The molecular weight excluding hydrogens is 182 g/mol. The SMILES string of the molecule is C=C(C1CCCC1)N1CCC(CC)CC1. The van der Waals surface area contributed by atoms with Gasteiger partial charge in [-0.05, 0) is 37.5 Å². The fourth-order valence-corrected chi connectivity index (χ4v) is 3.15. The van der Waals surface area contributed by atoms with E-state index in [-0.39, 0.29) is 0 Å². The molecule has 1 saturated carbocycles. The lowest BCUT2D eigenvalue weighted by molar-refractivity contribution is 0.205. The van der Waals surface area contributed by atoms with Crippen LogP contribution in [-0.2, 0) is 0 Å². The Hall–Kier alpha value is -0.460. The van der Waals surface area contributed by atoms with Crippen LogP contribution in [0.1, 0.15) is 51.9 Å². The maximum atomic E-state index is 4.34. The Morgan fingerprint density at radius 1 is 1.13 bits per heavy atom. The second-order valence-electron chi connectivity index (χ2n) is 5.31. The standard InChI is InChI=1S/C14H25N/c1-3-13-8-10-15(11-9-13)12(2)14-6-4-5-7-14/h13-14H,2-11H2,1H3. The van der Waals surface area contributed by atoms with E-state index in [1.807, 2.05) is 0 Å². The summed E-state index contributed by atoms with van der Waals surface area (Å²) >= 11 is 0. The first-order valence-electron chi connectivity index (χ1n) is 6.75. The van der Waals surface area contributed by atoms with Crippen LogP contribution >= 0.6 is 0 Å². The highest BCUT2D eigenvalue weighted by Gasteiger charge is 2.25. The number of likely N-dealkylation sites (tertiary alicyclic amines) is 1. The van der Waals surface area contributed by atoms with E-state index in [0.717, 1.165) is 11.8 Å². The minimum atomic E-state index is 0.822. The van der Waals surface area contributed by atoms with Crippen LogP contribution in [0.15, 0.2) is 12.3 Å². The highest BCUT2D eigenvalue weighted by atomic mass is 15.1. The Morgan fingerprint density at radius 2 is 1.73 bits per heavy atom. The van der Waals surface area contributed by atoms with Crippen LogP contribution in [0.3, 0.4) is 0 Å². The van der Waals surface area contributed by atoms with Crippen LogP contribution in [0.2, 0.25) is 0 Å². The Bertz CT molecular complexity index is 207. The second-order valence-corrected chi connectivity index (χ2v) is 5.31. The third kappa shape index (κ3) is 2.56. The van der Waals surface area contributed by atoms with Gasteiger partial charge < -0.3 is 4.90 Å². The lowest BCUT2D eigenvalue weighted by Crippen LogP contribution is -2.34. The molecule has 1 aliphatic heterocycles. The lowest BCUT2D eigenvalue weighted by atomic mass is 9.92. The summed E-state index contributed by atoms with van der Waals surface area (Å²) in [6.45, 7) is 9.21. The molecule has 0 aromatic carbocycles. The molecule has 2 aliphatic rings. The van der Waals surface area contributed by atoms with Gasteiger partial charge in [-0.3, -0.25) is 0 Å². The summed E-state index contributed by atoms with van der Waals surface area (Å²) in [4.78, 5) is 2.57. The third-order valence-corrected chi connectivity index (χ3v) is 4.42. The first kappa shape index (κ1) is 11.0. The highest BCUT2D eigenvalue weighted by Crippen LogP contribution is 2.33. The number of hydrogen-bond donors (Lipinski definition) is 0. The number of piperidine rings is 1. The molecule has 1 aliphatic carbocycles. The van der Waals surface area contributed by atoms with Crippen LogP contribution in [0.25, 0.3) is 0 Å². The summed E-state index contributed by atoms with van der Waals surface area (Å²) < 4.78 is 0. The summed E-state index contributed by atoms with van der Waals surface area (Å²) in [5, 5.41) is 0. The zero-order chi connectivity index (χ0) is 10.7. The van der Waals surface area contributed by atoms with Crippen LogP contribution < -0.4 is 0 Å². The molecule has 0 aromatic heterocycles. The predicted octanol–water partition coefficient (Wildman–Crippen LogP) is 3.81. The molecule has 1 saturated heterocycles. The van der Waals surface area contributed by atoms with Crippen LogP contribution in [-0.4, -0.2) is 18.0 Å². The summed E-state index contributed by atoms with van der Waals surface area (Å²) in [6, 6.07) is 0. The number of hydrogen-bond acceptors (Lipinski definition) is 1. The molecule has 1 heterocycles. The summed E-state index contributed by atoms with van der Waals surface area (Å²) in [7, 11) is 0. The predicted molar refractivity (Wildman–Crippen MR) is 65.7 cm³/mol. The van der Waals surface area contributed by atoms with Crippen molar-refractivity contribution < 1.29 is 0 Å². The molecule has 15 heavy (non-hydrogen) atoms. The average Bonchev–Trinajstić information content (AvgIpc) is 2.82. The van der Waals surface area contributed by atoms with Gasteiger partial charge in [-0.1, -0.05) is 32.8 Å². The van der Waals surface area contributed by atoms with Crippen molar-refractivity contribution in [2.75, 3.05) is 13.1 Å². The first-order valence-corrected chi connectivity index (χ1v) is 6.75. The van der Waals surface area contributed by atoms with Crippen molar-refractivity contribution >= 4 is 0 Å². The second kappa shape index (κ2) is 5.05. The van der Waals surface area contributed by atoms with Gasteiger partial charge in [-0.2, -0.15) is 0 Å². The summed E-state index contributed by atoms with van der Waals surface area (Å²) in [5.41, 5.74) is 1.46. The van der Waals surface area contributed by atoms with Gasteiger partial charge in [0.05, 0.1) is 0 Å². The Morgan fingerprint density at radius 3 is 2.27 bits per heavy atom. The molecule has 2 fully saturated rings. The molecule has 0 bridgehead atoms. The smallest absolute Gasteiger partial charge is 0.0177 e. The molecule has 0 amide bonds. The van der Waals surface area contributed by atoms with Gasteiger partial charge in [-0.25, -0.2) is 0 Å². The Kier molecular flexibility index (Phi) is 3.71. The molecule has 2 rings (SSSR count). The highest BCUT2D eigenvalue weighted by molar-refractivity contribution is 5.03. The fourth-order valence-electron chi connectivity index (χ4n) is 3.15. The normalized spacial score (nSPS) is 24.7. The molecule has 0 radical (unpaired) electrons. The largest absolute Gasteiger partial charge is 0.375 e. The van der Waals surface area contributed by atoms with Crippen molar-refractivity contribution in [3.05, 3.63) is 12.3 Å². The van der Waals surface area contributed by atoms with Gasteiger partial charge >= 0.3 is 0 Å². The van der Waals surface area contributed by atoms with Gasteiger partial charge in [0.25, 0.3) is 0 Å². The van der Waals surface area contributed by atoms with Crippen LogP contribution in [0, 0.1) is 11.8 Å². The number of allylic oxidation sites excluding steroid dienone is 1. The van der Waals surface area contributed by atoms with E-state index in [4.69, 9.17) is 0 Å². The van der Waals surface area contributed by atoms with E-state index < -0.39 is 0 Å². The topological polar surface area (TPSA) is 3.24 Å². The molecular formula is C14H25N. The quantitative estimate of drug-likeness (QED) is 0.680. The van der Waals surface area contributed by atoms with Gasteiger partial charge in [0, 0.05) is 18.8 Å². The Labute approximate surface area is 94.5 Å². The number of nitrogens with zero attached hydrogens (tertiary/aromatic N) is 1. The van der Waals surface area contributed by atoms with Gasteiger partial charge in [0.15, 0.2) is 0 Å². The molecule has 1 heteroatoms. The van der Waals surface area contributed by atoms with Crippen molar-refractivity contribution in [2.45, 2.75) is 51.9 Å². The van der Waals surface area contributed by atoms with Crippen LogP contribution in [0.5, 0.6) is 0 Å². The third-order valence-electron chi connectivity index (χ3n) is 4.42. The fraction of sp³-hybridized carbons (Fsp3) is 0.857. The zero-order valence-electron chi connectivity index (χ0n) is 10.2. The zero-order valence-corrected chi connectivity index (χ0v) is 10.2. The van der Waals surface area contributed by atoms with E-state index in [0.29, 0.717) is 0 Å². The maximum absolute atomic E-state index is 4.34. The molecule has 1 nitrogen and oxygen atoms in total. The monoisotopic (exact) mass is 207 g/mol. The van der Waals surface area contributed by atoms with E-state index in [2.05, 4.69) is 18.4 Å². The van der Waals surface area contributed by atoms with Gasteiger partial charge in [0.1, 0.15) is 0 Å². The van der Waals surface area contributed by atoms with Crippen molar-refractivity contribution in [3.8, 4) is 0 Å².